The number of carbonyl (C=O) groups is 1. The van der Waals surface area contributed by atoms with Crippen molar-refractivity contribution in [3.05, 3.63) is 91.3 Å². The van der Waals surface area contributed by atoms with Crippen LogP contribution in [-0.4, -0.2) is 41.0 Å². The van der Waals surface area contributed by atoms with E-state index in [0.717, 1.165) is 33.2 Å². The summed E-state index contributed by atoms with van der Waals surface area (Å²) in [6, 6.07) is 16.1. The fourth-order valence-electron chi connectivity index (χ4n) is 4.04. The molecule has 9 nitrogen and oxygen atoms in total. The van der Waals surface area contributed by atoms with Crippen LogP contribution in [0, 0.1) is 0 Å². The molecule has 0 saturated heterocycles. The average molecular weight is 500 g/mol. The van der Waals surface area contributed by atoms with Gasteiger partial charge in [-0.25, -0.2) is 4.79 Å². The maximum atomic E-state index is 13.0. The molecule has 36 heavy (non-hydrogen) atoms. The quantitative estimate of drug-likeness (QED) is 0.347. The van der Waals surface area contributed by atoms with Crippen molar-refractivity contribution in [1.29, 1.82) is 0 Å². The van der Waals surface area contributed by atoms with E-state index in [1.807, 2.05) is 36.4 Å². The number of methoxy groups -OCH3 is 1. The van der Waals surface area contributed by atoms with Gasteiger partial charge in [0, 0.05) is 42.8 Å². The van der Waals surface area contributed by atoms with Crippen LogP contribution < -0.4 is 4.72 Å². The number of nitrogens with one attached hydrogen (secondary N) is 1. The summed E-state index contributed by atoms with van der Waals surface area (Å²) in [5.41, 5.74) is 4.86. The van der Waals surface area contributed by atoms with Gasteiger partial charge in [0.25, 0.3) is 10.0 Å². The number of benzene rings is 1. The number of sulfonamides is 1. The van der Waals surface area contributed by atoms with Crippen LogP contribution in [0.4, 0.5) is 5.69 Å². The van der Waals surface area contributed by atoms with E-state index in [0.29, 0.717) is 0 Å². The summed E-state index contributed by atoms with van der Waals surface area (Å²) in [6.45, 7) is 0. The molecule has 0 spiro atoms. The number of hydrogen-bond acceptors (Lipinski definition) is 7. The summed E-state index contributed by atoms with van der Waals surface area (Å²) in [5, 5.41) is 0.874. The summed E-state index contributed by atoms with van der Waals surface area (Å²) in [4.78, 5) is 24.7. The van der Waals surface area contributed by atoms with Gasteiger partial charge in [0.1, 0.15) is 5.69 Å². The van der Waals surface area contributed by atoms with E-state index < -0.39 is 16.0 Å². The van der Waals surface area contributed by atoms with Crippen molar-refractivity contribution in [3.8, 4) is 22.3 Å². The lowest BCUT2D eigenvalue weighted by molar-refractivity contribution is 0.0589. The number of esters is 1. The number of aromatic nitrogens is 4. The second-order valence-electron chi connectivity index (χ2n) is 8.00. The van der Waals surface area contributed by atoms with Crippen LogP contribution in [0.25, 0.3) is 33.2 Å². The molecule has 4 aromatic heterocycles. The molecule has 0 radical (unpaired) electrons. The molecule has 180 valence electrons. The van der Waals surface area contributed by atoms with Crippen LogP contribution >= 0.6 is 0 Å². The molecule has 5 rings (SSSR count). The Morgan fingerprint density at radius 2 is 1.69 bits per heavy atom. The third-order valence-corrected chi connectivity index (χ3v) is 7.27. The van der Waals surface area contributed by atoms with Gasteiger partial charge in [0.2, 0.25) is 0 Å². The largest absolute Gasteiger partial charge is 0.464 e. The molecule has 1 aromatic carbocycles. The summed E-state index contributed by atoms with van der Waals surface area (Å²) in [7, 11) is -1.27. The van der Waals surface area contributed by atoms with Crippen LogP contribution in [0.5, 0.6) is 0 Å². The monoisotopic (exact) mass is 499 g/mol. The first-order chi connectivity index (χ1) is 17.4. The maximum Gasteiger partial charge on any atom is 0.354 e. The molecule has 0 atom stereocenters. The van der Waals surface area contributed by atoms with Crippen molar-refractivity contribution < 1.29 is 17.9 Å². The molecule has 0 saturated carbocycles. The van der Waals surface area contributed by atoms with Gasteiger partial charge in [-0.15, -0.1) is 0 Å². The predicted molar refractivity (Wildman–Crippen MR) is 136 cm³/mol. The Balaban J connectivity index is 1.50. The second-order valence-corrected chi connectivity index (χ2v) is 9.63. The Morgan fingerprint density at radius 3 is 2.47 bits per heavy atom. The van der Waals surface area contributed by atoms with Crippen LogP contribution in [-0.2, 0) is 21.8 Å². The fourth-order valence-corrected chi connectivity index (χ4v) is 5.27. The third kappa shape index (κ3) is 4.29. The molecule has 0 fully saturated rings. The summed E-state index contributed by atoms with van der Waals surface area (Å²) >= 11 is 0. The zero-order chi connectivity index (χ0) is 25.3. The number of carbonyl (C=O) groups excluding carboxylic acids is 1. The summed E-state index contributed by atoms with van der Waals surface area (Å²) in [6.07, 6.45) is 8.34. The Kier molecular flexibility index (Phi) is 5.95. The van der Waals surface area contributed by atoms with E-state index in [1.54, 1.807) is 30.9 Å². The number of fused-ring (bicyclic) bond motifs is 1. The maximum absolute atomic E-state index is 13.0. The van der Waals surface area contributed by atoms with Gasteiger partial charge < -0.3 is 9.30 Å². The van der Waals surface area contributed by atoms with E-state index in [1.165, 1.54) is 37.1 Å². The first-order valence-electron chi connectivity index (χ1n) is 10.9. The molecule has 10 heteroatoms. The average Bonchev–Trinajstić information content (AvgIpc) is 3.30. The van der Waals surface area contributed by atoms with E-state index in [9.17, 15) is 13.2 Å². The molecule has 5 aromatic rings. The summed E-state index contributed by atoms with van der Waals surface area (Å²) < 4.78 is 34.6. The molecule has 4 heterocycles. The van der Waals surface area contributed by atoms with E-state index >= 15 is 0 Å². The molecule has 0 unspecified atom stereocenters. The SMILES string of the molecule is COC(=O)c1ccc(S(=O)(=O)Nc2cncc(-c3ccc4nccc(-c5ccncc5)c4c3)c2)n1C. The Labute approximate surface area is 207 Å². The van der Waals surface area contributed by atoms with Crippen molar-refractivity contribution in [1.82, 2.24) is 19.5 Å². The van der Waals surface area contributed by atoms with Crippen LogP contribution in [0.15, 0.2) is 90.6 Å². The molecule has 0 aliphatic heterocycles. The molecule has 0 aliphatic carbocycles. The van der Waals surface area contributed by atoms with Gasteiger partial charge in [-0.05, 0) is 65.2 Å². The topological polar surface area (TPSA) is 116 Å². The highest BCUT2D eigenvalue weighted by atomic mass is 32.2. The van der Waals surface area contributed by atoms with Crippen molar-refractivity contribution in [3.63, 3.8) is 0 Å². The third-order valence-electron chi connectivity index (χ3n) is 5.80. The van der Waals surface area contributed by atoms with Gasteiger partial charge in [0.05, 0.1) is 24.5 Å². The standard InChI is InChI=1S/C26H21N5O4S/c1-31-24(26(32)35-2)5-6-25(31)36(33,34)30-20-13-19(15-28-16-20)18-3-4-23-22(14-18)21(9-12-29-23)17-7-10-27-11-8-17/h3-16,30H,1-2H3. The first-order valence-corrected chi connectivity index (χ1v) is 12.4. The highest BCUT2D eigenvalue weighted by Gasteiger charge is 2.23. The Morgan fingerprint density at radius 1 is 0.889 bits per heavy atom. The van der Waals surface area contributed by atoms with E-state index in [4.69, 9.17) is 4.74 Å². The Bertz CT molecular complexity index is 1700. The number of hydrogen-bond donors (Lipinski definition) is 1. The van der Waals surface area contributed by atoms with Crippen LogP contribution in [0.2, 0.25) is 0 Å². The predicted octanol–water partition coefficient (Wildman–Crippen LogP) is 4.28. The first kappa shape index (κ1) is 23.2. The molecular formula is C26H21N5O4S. The fraction of sp³-hybridized carbons (Fsp3) is 0.0769. The lowest BCUT2D eigenvalue weighted by Crippen LogP contribution is -2.18. The zero-order valence-corrected chi connectivity index (χ0v) is 20.2. The van der Waals surface area contributed by atoms with Gasteiger partial charge in [-0.1, -0.05) is 6.07 Å². The van der Waals surface area contributed by atoms with Crippen molar-refractivity contribution in [2.24, 2.45) is 7.05 Å². The minimum absolute atomic E-state index is 0.0768. The van der Waals surface area contributed by atoms with Crippen molar-refractivity contribution in [2.75, 3.05) is 11.8 Å². The van der Waals surface area contributed by atoms with Crippen molar-refractivity contribution >= 4 is 32.6 Å². The van der Waals surface area contributed by atoms with E-state index in [2.05, 4.69) is 19.7 Å². The number of nitrogens with zero attached hydrogens (tertiary/aromatic N) is 4. The highest BCUT2D eigenvalue weighted by Crippen LogP contribution is 2.31. The van der Waals surface area contributed by atoms with Crippen molar-refractivity contribution in [2.45, 2.75) is 5.03 Å². The highest BCUT2D eigenvalue weighted by molar-refractivity contribution is 7.92. The molecular weight excluding hydrogens is 478 g/mol. The minimum atomic E-state index is -3.99. The lowest BCUT2D eigenvalue weighted by atomic mass is 9.98. The molecule has 0 aliphatic rings. The van der Waals surface area contributed by atoms with Gasteiger partial charge in [0.15, 0.2) is 5.03 Å². The molecule has 1 N–H and O–H groups in total. The van der Waals surface area contributed by atoms with Gasteiger partial charge in [-0.2, -0.15) is 8.42 Å². The van der Waals surface area contributed by atoms with Gasteiger partial charge in [-0.3, -0.25) is 19.7 Å². The number of anilines is 1. The number of rotatable bonds is 6. The lowest BCUT2D eigenvalue weighted by Gasteiger charge is -2.12. The summed E-state index contributed by atoms with van der Waals surface area (Å²) in [5.74, 6) is -0.625. The number of ether oxygens (including phenoxy) is 1. The molecule has 0 amide bonds. The smallest absolute Gasteiger partial charge is 0.354 e. The van der Waals surface area contributed by atoms with E-state index in [-0.39, 0.29) is 16.4 Å². The van der Waals surface area contributed by atoms with Crippen LogP contribution in [0.3, 0.4) is 0 Å². The Hall–Kier alpha value is -4.57. The second kappa shape index (κ2) is 9.23. The number of pyridine rings is 3. The minimum Gasteiger partial charge on any atom is -0.464 e. The zero-order valence-electron chi connectivity index (χ0n) is 19.4. The van der Waals surface area contributed by atoms with Crippen LogP contribution in [0.1, 0.15) is 10.5 Å². The normalized spacial score (nSPS) is 11.4. The molecule has 0 bridgehead atoms. The van der Waals surface area contributed by atoms with Gasteiger partial charge >= 0.3 is 5.97 Å².